The number of nitrogens with zero attached hydrogens (tertiary/aromatic N) is 1. The molecule has 2 atom stereocenters. The SMILES string of the molecule is CC[C@@H](CO[Si](C(C)C)(C(C)C)C(C)C)C(=O)N1C(=O)OC[C@H]1Cc1ccccc1. The molecule has 0 saturated carbocycles. The van der Waals surface area contributed by atoms with Crippen molar-refractivity contribution in [2.75, 3.05) is 13.2 Å². The highest BCUT2D eigenvalue weighted by Crippen LogP contribution is 2.42. The molecule has 0 aromatic heterocycles. The van der Waals surface area contributed by atoms with Crippen molar-refractivity contribution in [3.05, 3.63) is 35.9 Å². The van der Waals surface area contributed by atoms with Crippen molar-refractivity contribution >= 4 is 20.3 Å². The highest BCUT2D eigenvalue weighted by Gasteiger charge is 2.46. The average Bonchev–Trinajstić information content (AvgIpc) is 3.04. The van der Waals surface area contributed by atoms with E-state index in [1.807, 2.05) is 37.3 Å². The van der Waals surface area contributed by atoms with Gasteiger partial charge in [0.05, 0.1) is 12.0 Å². The van der Waals surface area contributed by atoms with Crippen LogP contribution in [0.15, 0.2) is 30.3 Å². The molecule has 2 amide bonds. The number of cyclic esters (lactones) is 1. The van der Waals surface area contributed by atoms with E-state index in [2.05, 4.69) is 41.5 Å². The molecule has 0 aliphatic carbocycles. The molecule has 0 unspecified atom stereocenters. The van der Waals surface area contributed by atoms with Gasteiger partial charge in [-0.25, -0.2) is 9.69 Å². The van der Waals surface area contributed by atoms with E-state index in [0.717, 1.165) is 5.56 Å². The van der Waals surface area contributed by atoms with Gasteiger partial charge in [-0.2, -0.15) is 0 Å². The van der Waals surface area contributed by atoms with Crippen LogP contribution in [0.3, 0.4) is 0 Å². The van der Waals surface area contributed by atoms with Gasteiger partial charge in [0.1, 0.15) is 6.61 Å². The van der Waals surface area contributed by atoms with E-state index in [0.29, 0.717) is 36.1 Å². The number of hydrogen-bond donors (Lipinski definition) is 0. The van der Waals surface area contributed by atoms with Crippen LogP contribution in [0.25, 0.3) is 0 Å². The Bertz CT molecular complexity index is 683. The lowest BCUT2D eigenvalue weighted by molar-refractivity contribution is -0.134. The van der Waals surface area contributed by atoms with Gasteiger partial charge in [0.15, 0.2) is 8.32 Å². The first-order chi connectivity index (χ1) is 14.1. The summed E-state index contributed by atoms with van der Waals surface area (Å²) in [5.41, 5.74) is 2.45. The van der Waals surface area contributed by atoms with E-state index in [4.69, 9.17) is 9.16 Å². The number of carbonyl (C=O) groups excluding carboxylic acids is 2. The van der Waals surface area contributed by atoms with E-state index < -0.39 is 14.4 Å². The van der Waals surface area contributed by atoms with Crippen LogP contribution in [0.1, 0.15) is 60.5 Å². The molecule has 1 aromatic rings. The zero-order valence-electron chi connectivity index (χ0n) is 19.7. The summed E-state index contributed by atoms with van der Waals surface area (Å²) >= 11 is 0. The molecule has 0 spiro atoms. The van der Waals surface area contributed by atoms with Gasteiger partial charge >= 0.3 is 6.09 Å². The number of imide groups is 1. The van der Waals surface area contributed by atoms with Crippen molar-refractivity contribution in [2.24, 2.45) is 5.92 Å². The number of benzene rings is 1. The molecule has 30 heavy (non-hydrogen) atoms. The van der Waals surface area contributed by atoms with Gasteiger partial charge in [-0.05, 0) is 35.0 Å². The Labute approximate surface area is 183 Å². The van der Waals surface area contributed by atoms with Crippen LogP contribution in [0.4, 0.5) is 4.79 Å². The zero-order valence-corrected chi connectivity index (χ0v) is 20.7. The predicted octanol–water partition coefficient (Wildman–Crippen LogP) is 5.79. The highest BCUT2D eigenvalue weighted by atomic mass is 28.4. The van der Waals surface area contributed by atoms with Crippen molar-refractivity contribution in [1.82, 2.24) is 4.90 Å². The maximum atomic E-state index is 13.4. The first kappa shape index (κ1) is 24.6. The summed E-state index contributed by atoms with van der Waals surface area (Å²) in [7, 11) is -2.07. The fourth-order valence-electron chi connectivity index (χ4n) is 5.07. The van der Waals surface area contributed by atoms with Crippen molar-refractivity contribution in [1.29, 1.82) is 0 Å². The van der Waals surface area contributed by atoms with Gasteiger partial charge in [-0.15, -0.1) is 0 Å². The Hall–Kier alpha value is -1.66. The third-order valence-corrected chi connectivity index (χ3v) is 12.7. The van der Waals surface area contributed by atoms with Crippen molar-refractivity contribution in [3.8, 4) is 0 Å². The van der Waals surface area contributed by atoms with Gasteiger partial charge in [-0.3, -0.25) is 4.79 Å². The Morgan fingerprint density at radius 1 is 1.10 bits per heavy atom. The van der Waals surface area contributed by atoms with Gasteiger partial charge < -0.3 is 9.16 Å². The largest absolute Gasteiger partial charge is 0.447 e. The molecule has 1 heterocycles. The molecule has 1 aromatic carbocycles. The molecule has 6 heteroatoms. The van der Waals surface area contributed by atoms with Crippen LogP contribution in [0, 0.1) is 5.92 Å². The highest BCUT2D eigenvalue weighted by molar-refractivity contribution is 6.77. The Morgan fingerprint density at radius 2 is 1.67 bits per heavy atom. The quantitative estimate of drug-likeness (QED) is 0.438. The van der Waals surface area contributed by atoms with Crippen LogP contribution in [0.2, 0.25) is 16.6 Å². The van der Waals surface area contributed by atoms with Gasteiger partial charge in [0.25, 0.3) is 0 Å². The summed E-state index contributed by atoms with van der Waals surface area (Å²) in [6.07, 6.45) is 0.719. The van der Waals surface area contributed by atoms with Crippen LogP contribution in [-0.2, 0) is 20.4 Å². The Balaban J connectivity index is 2.16. The first-order valence-electron chi connectivity index (χ1n) is 11.3. The molecule has 1 aliphatic rings. The lowest BCUT2D eigenvalue weighted by Crippen LogP contribution is -2.50. The summed E-state index contributed by atoms with van der Waals surface area (Å²) in [4.78, 5) is 27.1. The van der Waals surface area contributed by atoms with E-state index in [1.165, 1.54) is 4.90 Å². The molecule has 1 aliphatic heterocycles. The molecular weight excluding hydrogens is 394 g/mol. The fourth-order valence-corrected chi connectivity index (χ4v) is 10.6. The monoisotopic (exact) mass is 433 g/mol. The maximum absolute atomic E-state index is 13.4. The lowest BCUT2D eigenvalue weighted by Gasteiger charge is -2.43. The first-order valence-corrected chi connectivity index (χ1v) is 13.5. The fraction of sp³-hybridized carbons (Fsp3) is 0.667. The summed E-state index contributed by atoms with van der Waals surface area (Å²) in [5.74, 6) is -0.503. The van der Waals surface area contributed by atoms with Crippen molar-refractivity contribution in [3.63, 3.8) is 0 Å². The number of carbonyl (C=O) groups is 2. The van der Waals surface area contributed by atoms with Crippen LogP contribution in [-0.4, -0.2) is 44.5 Å². The summed E-state index contributed by atoms with van der Waals surface area (Å²) in [5, 5.41) is 0. The topological polar surface area (TPSA) is 55.8 Å². The molecule has 1 saturated heterocycles. The van der Waals surface area contributed by atoms with Gasteiger partial charge in [0, 0.05) is 6.61 Å². The summed E-state index contributed by atoms with van der Waals surface area (Å²) in [6.45, 7) is 16.0. The normalized spacial score (nSPS) is 18.4. The third kappa shape index (κ3) is 5.14. The van der Waals surface area contributed by atoms with Crippen LogP contribution < -0.4 is 0 Å². The molecule has 1 fully saturated rings. The van der Waals surface area contributed by atoms with Crippen LogP contribution in [0.5, 0.6) is 0 Å². The summed E-state index contributed by atoms with van der Waals surface area (Å²) < 4.78 is 11.9. The van der Waals surface area contributed by atoms with Crippen LogP contribution >= 0.6 is 0 Å². The second kappa shape index (κ2) is 10.6. The lowest BCUT2D eigenvalue weighted by atomic mass is 10.0. The van der Waals surface area contributed by atoms with E-state index in [1.54, 1.807) is 0 Å². The Morgan fingerprint density at radius 3 is 2.17 bits per heavy atom. The average molecular weight is 434 g/mol. The van der Waals surface area contributed by atoms with E-state index in [9.17, 15) is 9.59 Å². The molecule has 168 valence electrons. The second-order valence-corrected chi connectivity index (χ2v) is 14.8. The standard InChI is InChI=1S/C24H39NO4Si/c1-8-21(15-29-30(17(2)3,18(4)5)19(6)7)23(26)25-22(16-28-24(25)27)14-20-12-10-9-11-13-20/h9-13,17-19,21-22H,8,14-16H2,1-7H3/t21-,22+/m0/s1. The summed E-state index contributed by atoms with van der Waals surface area (Å²) in [6, 6.07) is 9.66. The zero-order chi connectivity index (χ0) is 22.5. The minimum absolute atomic E-state index is 0.167. The molecule has 2 rings (SSSR count). The molecule has 0 bridgehead atoms. The van der Waals surface area contributed by atoms with Gasteiger partial charge in [-0.1, -0.05) is 78.8 Å². The minimum Gasteiger partial charge on any atom is -0.447 e. The third-order valence-electron chi connectivity index (χ3n) is 6.60. The molecule has 0 N–H and O–H groups in total. The number of amides is 2. The smallest absolute Gasteiger partial charge is 0.416 e. The molecular formula is C24H39NO4Si. The number of ether oxygens (including phenoxy) is 1. The predicted molar refractivity (Wildman–Crippen MR) is 123 cm³/mol. The molecule has 0 radical (unpaired) electrons. The van der Waals surface area contributed by atoms with Gasteiger partial charge in [0.2, 0.25) is 5.91 Å². The maximum Gasteiger partial charge on any atom is 0.416 e. The second-order valence-electron chi connectivity index (χ2n) is 9.36. The Kier molecular flexibility index (Phi) is 8.68. The number of rotatable bonds is 10. The molecule has 5 nitrogen and oxygen atoms in total. The minimum atomic E-state index is -2.07. The number of hydrogen-bond acceptors (Lipinski definition) is 4. The van der Waals surface area contributed by atoms with Crippen molar-refractivity contribution in [2.45, 2.75) is 84.0 Å². The van der Waals surface area contributed by atoms with Crippen molar-refractivity contribution < 1.29 is 18.8 Å². The van der Waals surface area contributed by atoms with E-state index >= 15 is 0 Å². The van der Waals surface area contributed by atoms with E-state index in [-0.39, 0.29) is 24.5 Å².